The third kappa shape index (κ3) is 2.43. The minimum atomic E-state index is -0.425. The predicted octanol–water partition coefficient (Wildman–Crippen LogP) is 3.51. The van der Waals surface area contributed by atoms with Crippen LogP contribution in [0.1, 0.15) is 12.8 Å². The van der Waals surface area contributed by atoms with Gasteiger partial charge in [-0.05, 0) is 31.0 Å². The fourth-order valence-electron chi connectivity index (χ4n) is 1.69. The van der Waals surface area contributed by atoms with Gasteiger partial charge in [0.15, 0.2) is 0 Å². The molecule has 0 atom stereocenters. The van der Waals surface area contributed by atoms with E-state index in [0.29, 0.717) is 6.04 Å². The number of hydrogen-bond donors (Lipinski definition) is 1. The van der Waals surface area contributed by atoms with Gasteiger partial charge in [0, 0.05) is 17.7 Å². The molecule has 1 aromatic carbocycles. The minimum Gasteiger partial charge on any atom is -0.367 e. The van der Waals surface area contributed by atoms with E-state index in [-0.39, 0.29) is 5.02 Å². The number of benzene rings is 1. The van der Waals surface area contributed by atoms with Crippen molar-refractivity contribution < 1.29 is 4.39 Å². The number of aromatic nitrogens is 2. The van der Waals surface area contributed by atoms with E-state index in [4.69, 9.17) is 11.6 Å². The lowest BCUT2D eigenvalue weighted by molar-refractivity contribution is 0.628. The van der Waals surface area contributed by atoms with Crippen molar-refractivity contribution in [2.45, 2.75) is 18.9 Å². The minimum absolute atomic E-state index is 0.0998. The van der Waals surface area contributed by atoms with Crippen LogP contribution in [0, 0.1) is 5.82 Å². The zero-order valence-electron chi connectivity index (χ0n) is 9.53. The lowest BCUT2D eigenvalue weighted by Crippen LogP contribution is -2.03. The Balaban J connectivity index is 1.92. The van der Waals surface area contributed by atoms with Gasteiger partial charge in [-0.3, -0.25) is 0 Å². The molecule has 92 valence electrons. The van der Waals surface area contributed by atoms with Gasteiger partial charge in [0.05, 0.1) is 10.7 Å². The first kappa shape index (κ1) is 11.4. The Hall–Kier alpha value is -1.68. The summed E-state index contributed by atoms with van der Waals surface area (Å²) in [6.45, 7) is 0. The molecule has 1 aromatic heterocycles. The summed E-state index contributed by atoms with van der Waals surface area (Å²) in [6, 6.07) is 6.95. The molecule has 0 amide bonds. The summed E-state index contributed by atoms with van der Waals surface area (Å²) >= 11 is 5.76. The molecule has 5 heteroatoms. The van der Waals surface area contributed by atoms with Crippen molar-refractivity contribution in [2.75, 3.05) is 5.32 Å². The Morgan fingerprint density at radius 1 is 1.22 bits per heavy atom. The van der Waals surface area contributed by atoms with Gasteiger partial charge < -0.3 is 5.32 Å². The molecule has 3 rings (SSSR count). The summed E-state index contributed by atoms with van der Waals surface area (Å²) in [4.78, 5) is 8.33. The average molecular weight is 264 g/mol. The smallest absolute Gasteiger partial charge is 0.141 e. The second-order valence-electron chi connectivity index (χ2n) is 4.34. The van der Waals surface area contributed by atoms with Gasteiger partial charge in [0.2, 0.25) is 0 Å². The van der Waals surface area contributed by atoms with Crippen LogP contribution in [0.3, 0.4) is 0 Å². The van der Waals surface area contributed by atoms with E-state index < -0.39 is 5.82 Å². The molecule has 3 nitrogen and oxygen atoms in total. The van der Waals surface area contributed by atoms with E-state index in [2.05, 4.69) is 15.3 Å². The first-order valence-electron chi connectivity index (χ1n) is 5.76. The fourth-order valence-corrected chi connectivity index (χ4v) is 1.87. The zero-order valence-corrected chi connectivity index (χ0v) is 10.3. The molecular weight excluding hydrogens is 253 g/mol. The maximum atomic E-state index is 13.1. The Morgan fingerprint density at radius 3 is 2.78 bits per heavy atom. The average Bonchev–Trinajstić information content (AvgIpc) is 3.17. The molecule has 1 aliphatic carbocycles. The SMILES string of the molecule is Fc1ccc(-c2cc(NC3CC3)ncn2)cc1Cl. The van der Waals surface area contributed by atoms with Crippen LogP contribution in [0.5, 0.6) is 0 Å². The summed E-state index contributed by atoms with van der Waals surface area (Å²) in [5, 5.41) is 3.39. The van der Waals surface area contributed by atoms with Crippen molar-refractivity contribution in [3.05, 3.63) is 41.4 Å². The van der Waals surface area contributed by atoms with Crippen molar-refractivity contribution in [1.82, 2.24) is 9.97 Å². The van der Waals surface area contributed by atoms with E-state index >= 15 is 0 Å². The molecule has 0 spiro atoms. The first-order valence-corrected chi connectivity index (χ1v) is 6.14. The van der Waals surface area contributed by atoms with E-state index in [1.165, 1.54) is 25.2 Å². The van der Waals surface area contributed by atoms with Crippen molar-refractivity contribution in [2.24, 2.45) is 0 Å². The summed E-state index contributed by atoms with van der Waals surface area (Å²) in [5.41, 5.74) is 1.51. The second-order valence-corrected chi connectivity index (χ2v) is 4.74. The van der Waals surface area contributed by atoms with Gasteiger partial charge in [-0.25, -0.2) is 14.4 Å². The van der Waals surface area contributed by atoms with E-state index in [1.54, 1.807) is 12.1 Å². The number of nitrogens with one attached hydrogen (secondary N) is 1. The van der Waals surface area contributed by atoms with Crippen LogP contribution in [0.4, 0.5) is 10.2 Å². The molecule has 2 aromatic rings. The molecule has 1 aliphatic rings. The van der Waals surface area contributed by atoms with E-state index in [9.17, 15) is 4.39 Å². The first-order chi connectivity index (χ1) is 8.72. The van der Waals surface area contributed by atoms with Crippen LogP contribution in [0.15, 0.2) is 30.6 Å². The number of hydrogen-bond acceptors (Lipinski definition) is 3. The van der Waals surface area contributed by atoms with E-state index in [1.807, 2.05) is 6.07 Å². The van der Waals surface area contributed by atoms with Gasteiger partial charge in [-0.2, -0.15) is 0 Å². The maximum Gasteiger partial charge on any atom is 0.141 e. The molecule has 18 heavy (non-hydrogen) atoms. The zero-order chi connectivity index (χ0) is 12.5. The highest BCUT2D eigenvalue weighted by Gasteiger charge is 2.21. The van der Waals surface area contributed by atoms with Gasteiger partial charge in [-0.1, -0.05) is 11.6 Å². The molecule has 1 saturated carbocycles. The number of halogens is 2. The molecule has 0 saturated heterocycles. The van der Waals surface area contributed by atoms with Crippen molar-refractivity contribution >= 4 is 17.4 Å². The van der Waals surface area contributed by atoms with Gasteiger partial charge in [-0.15, -0.1) is 0 Å². The highest BCUT2D eigenvalue weighted by molar-refractivity contribution is 6.31. The Bertz CT molecular complexity index is 584. The molecule has 0 unspecified atom stereocenters. The normalized spacial score (nSPS) is 14.6. The molecule has 0 aliphatic heterocycles. The van der Waals surface area contributed by atoms with Gasteiger partial charge >= 0.3 is 0 Å². The lowest BCUT2D eigenvalue weighted by atomic mass is 10.1. The van der Waals surface area contributed by atoms with Crippen molar-refractivity contribution in [3.63, 3.8) is 0 Å². The van der Waals surface area contributed by atoms with Crippen LogP contribution in [0.2, 0.25) is 5.02 Å². The Morgan fingerprint density at radius 2 is 2.06 bits per heavy atom. The largest absolute Gasteiger partial charge is 0.367 e. The molecular formula is C13H11ClFN3. The summed E-state index contributed by atoms with van der Waals surface area (Å²) in [5.74, 6) is 0.369. The quantitative estimate of drug-likeness (QED) is 0.921. The molecule has 1 heterocycles. The van der Waals surface area contributed by atoms with Crippen LogP contribution in [-0.2, 0) is 0 Å². The van der Waals surface area contributed by atoms with E-state index in [0.717, 1.165) is 17.1 Å². The number of rotatable bonds is 3. The lowest BCUT2D eigenvalue weighted by Gasteiger charge is -2.06. The topological polar surface area (TPSA) is 37.8 Å². The second kappa shape index (κ2) is 4.53. The summed E-state index contributed by atoms with van der Waals surface area (Å²) in [6.07, 6.45) is 3.86. The number of nitrogens with zero attached hydrogens (tertiary/aromatic N) is 2. The Kier molecular flexibility index (Phi) is 2.88. The molecule has 0 bridgehead atoms. The molecule has 1 fully saturated rings. The van der Waals surface area contributed by atoms with Gasteiger partial charge in [0.25, 0.3) is 0 Å². The predicted molar refractivity (Wildman–Crippen MR) is 69.1 cm³/mol. The Labute approximate surface area is 109 Å². The van der Waals surface area contributed by atoms with Crippen LogP contribution in [0.25, 0.3) is 11.3 Å². The summed E-state index contributed by atoms with van der Waals surface area (Å²) in [7, 11) is 0. The standard InChI is InChI=1S/C13H11ClFN3/c14-10-5-8(1-4-11(10)15)12-6-13(17-7-16-12)18-9-2-3-9/h1,4-7,9H,2-3H2,(H,16,17,18). The maximum absolute atomic E-state index is 13.1. The van der Waals surface area contributed by atoms with Crippen molar-refractivity contribution in [1.29, 1.82) is 0 Å². The summed E-state index contributed by atoms with van der Waals surface area (Å²) < 4.78 is 13.1. The van der Waals surface area contributed by atoms with Crippen LogP contribution >= 0.6 is 11.6 Å². The van der Waals surface area contributed by atoms with Gasteiger partial charge in [0.1, 0.15) is 18.0 Å². The molecule has 1 N–H and O–H groups in total. The monoisotopic (exact) mass is 263 g/mol. The highest BCUT2D eigenvalue weighted by Crippen LogP contribution is 2.27. The number of anilines is 1. The fraction of sp³-hybridized carbons (Fsp3) is 0.231. The molecule has 0 radical (unpaired) electrons. The third-order valence-corrected chi connectivity index (χ3v) is 3.10. The van der Waals surface area contributed by atoms with Crippen LogP contribution in [-0.4, -0.2) is 16.0 Å². The van der Waals surface area contributed by atoms with Crippen molar-refractivity contribution in [3.8, 4) is 11.3 Å². The highest BCUT2D eigenvalue weighted by atomic mass is 35.5. The van der Waals surface area contributed by atoms with Crippen LogP contribution < -0.4 is 5.32 Å². The third-order valence-electron chi connectivity index (χ3n) is 2.81.